The summed E-state index contributed by atoms with van der Waals surface area (Å²) in [6.07, 6.45) is 3.82. The SMILES string of the molecule is Cc1cccc(C2CC2)c1Oc1nnc(Cl)cc1OC(=O)c1nccc2ccccc12. The van der Waals surface area contributed by atoms with Crippen LogP contribution in [0.5, 0.6) is 17.4 Å². The summed E-state index contributed by atoms with van der Waals surface area (Å²) in [5.74, 6) is 0.722. The molecule has 0 spiro atoms. The lowest BCUT2D eigenvalue weighted by molar-refractivity contribution is 0.0725. The van der Waals surface area contributed by atoms with Crippen LogP contribution in [0.1, 0.15) is 40.4 Å². The van der Waals surface area contributed by atoms with Gasteiger partial charge < -0.3 is 9.47 Å². The topological polar surface area (TPSA) is 74.2 Å². The summed E-state index contributed by atoms with van der Waals surface area (Å²) in [6.45, 7) is 1.97. The molecular weight excluding hydrogens is 414 g/mol. The molecule has 4 aromatic rings. The number of ether oxygens (including phenoxy) is 2. The summed E-state index contributed by atoms with van der Waals surface area (Å²) in [5, 5.41) is 9.59. The molecule has 2 heterocycles. The minimum absolute atomic E-state index is 0.0780. The molecule has 1 fully saturated rings. The second-order valence-corrected chi connectivity index (χ2v) is 7.86. The molecule has 31 heavy (non-hydrogen) atoms. The monoisotopic (exact) mass is 431 g/mol. The van der Waals surface area contributed by atoms with Gasteiger partial charge in [0, 0.05) is 17.6 Å². The maximum atomic E-state index is 13.0. The van der Waals surface area contributed by atoms with Gasteiger partial charge in [0.25, 0.3) is 5.88 Å². The van der Waals surface area contributed by atoms with E-state index in [-0.39, 0.29) is 22.5 Å². The Morgan fingerprint density at radius 3 is 2.74 bits per heavy atom. The number of rotatable bonds is 5. The quantitative estimate of drug-likeness (QED) is 0.367. The van der Waals surface area contributed by atoms with E-state index in [1.165, 1.54) is 6.07 Å². The van der Waals surface area contributed by atoms with Crippen LogP contribution in [-0.2, 0) is 0 Å². The van der Waals surface area contributed by atoms with E-state index in [4.69, 9.17) is 21.1 Å². The Kier molecular flexibility index (Phi) is 5.00. The average Bonchev–Trinajstić information content (AvgIpc) is 3.61. The van der Waals surface area contributed by atoms with Gasteiger partial charge in [-0.15, -0.1) is 10.2 Å². The van der Waals surface area contributed by atoms with Crippen molar-refractivity contribution in [2.75, 3.05) is 0 Å². The highest BCUT2D eigenvalue weighted by Gasteiger charge is 2.28. The Balaban J connectivity index is 1.50. The third-order valence-corrected chi connectivity index (χ3v) is 5.41. The number of carbonyl (C=O) groups excluding carboxylic acids is 1. The predicted molar refractivity (Wildman–Crippen MR) is 117 cm³/mol. The second-order valence-electron chi connectivity index (χ2n) is 7.48. The van der Waals surface area contributed by atoms with Crippen molar-refractivity contribution < 1.29 is 14.3 Å². The van der Waals surface area contributed by atoms with Crippen LogP contribution in [-0.4, -0.2) is 21.2 Å². The smallest absolute Gasteiger partial charge is 0.363 e. The number of aryl methyl sites for hydroxylation is 1. The molecule has 154 valence electrons. The average molecular weight is 432 g/mol. The number of carbonyl (C=O) groups is 1. The van der Waals surface area contributed by atoms with Crippen molar-refractivity contribution in [3.05, 3.63) is 82.8 Å². The molecule has 1 aliphatic rings. The van der Waals surface area contributed by atoms with Crippen LogP contribution in [0.4, 0.5) is 0 Å². The Bertz CT molecular complexity index is 1300. The van der Waals surface area contributed by atoms with Gasteiger partial charge in [0.05, 0.1) is 0 Å². The molecule has 2 aromatic carbocycles. The molecular formula is C24H18ClN3O3. The first-order chi connectivity index (χ1) is 15.1. The van der Waals surface area contributed by atoms with Crippen molar-refractivity contribution >= 4 is 28.3 Å². The van der Waals surface area contributed by atoms with Crippen molar-refractivity contribution in [3.8, 4) is 17.4 Å². The summed E-state index contributed by atoms with van der Waals surface area (Å²) >= 11 is 6.03. The molecule has 0 aliphatic heterocycles. The number of hydrogen-bond donors (Lipinski definition) is 0. The minimum Gasteiger partial charge on any atom is -0.434 e. The van der Waals surface area contributed by atoms with E-state index in [0.717, 1.165) is 29.4 Å². The lowest BCUT2D eigenvalue weighted by atomic mass is 10.1. The molecule has 0 atom stereocenters. The highest BCUT2D eigenvalue weighted by Crippen LogP contribution is 2.46. The highest BCUT2D eigenvalue weighted by molar-refractivity contribution is 6.29. The van der Waals surface area contributed by atoms with Crippen molar-refractivity contribution in [2.24, 2.45) is 0 Å². The van der Waals surface area contributed by atoms with E-state index < -0.39 is 5.97 Å². The van der Waals surface area contributed by atoms with Crippen molar-refractivity contribution in [1.82, 2.24) is 15.2 Å². The van der Waals surface area contributed by atoms with Crippen molar-refractivity contribution in [1.29, 1.82) is 0 Å². The van der Waals surface area contributed by atoms with Gasteiger partial charge in [-0.1, -0.05) is 54.1 Å². The van der Waals surface area contributed by atoms with Crippen LogP contribution < -0.4 is 9.47 Å². The number of para-hydroxylation sites is 1. The number of fused-ring (bicyclic) bond motifs is 1. The first-order valence-electron chi connectivity index (χ1n) is 9.96. The van der Waals surface area contributed by atoms with E-state index in [9.17, 15) is 4.79 Å². The number of halogens is 1. The Labute approximate surface area is 183 Å². The van der Waals surface area contributed by atoms with Crippen LogP contribution >= 0.6 is 11.6 Å². The number of pyridine rings is 1. The third-order valence-electron chi connectivity index (χ3n) is 5.23. The van der Waals surface area contributed by atoms with Crippen LogP contribution in [0.2, 0.25) is 5.15 Å². The molecule has 1 saturated carbocycles. The predicted octanol–water partition coefficient (Wildman–Crippen LogP) is 5.88. The summed E-state index contributed by atoms with van der Waals surface area (Å²) < 4.78 is 11.8. The molecule has 5 rings (SSSR count). The maximum absolute atomic E-state index is 13.0. The molecule has 0 bridgehead atoms. The molecule has 6 nitrogen and oxygen atoms in total. The van der Waals surface area contributed by atoms with Gasteiger partial charge in [-0.3, -0.25) is 0 Å². The zero-order valence-corrected chi connectivity index (χ0v) is 17.5. The lowest BCUT2D eigenvalue weighted by Crippen LogP contribution is -2.12. The summed E-state index contributed by atoms with van der Waals surface area (Å²) in [7, 11) is 0. The van der Waals surface area contributed by atoms with Crippen LogP contribution in [0.25, 0.3) is 10.8 Å². The van der Waals surface area contributed by atoms with Gasteiger partial charge in [0.1, 0.15) is 5.75 Å². The van der Waals surface area contributed by atoms with Crippen molar-refractivity contribution in [3.63, 3.8) is 0 Å². The van der Waals surface area contributed by atoms with E-state index in [0.29, 0.717) is 17.1 Å². The zero-order valence-electron chi connectivity index (χ0n) is 16.7. The number of esters is 1. The number of nitrogens with zero attached hydrogens (tertiary/aromatic N) is 3. The van der Waals surface area contributed by atoms with Gasteiger partial charge in [-0.25, -0.2) is 9.78 Å². The first kappa shape index (κ1) is 19.5. The van der Waals surface area contributed by atoms with Crippen LogP contribution in [0.3, 0.4) is 0 Å². The number of benzene rings is 2. The third kappa shape index (κ3) is 3.94. The van der Waals surface area contributed by atoms with E-state index in [2.05, 4.69) is 21.2 Å². The molecule has 7 heteroatoms. The highest BCUT2D eigenvalue weighted by atomic mass is 35.5. The summed E-state index contributed by atoms with van der Waals surface area (Å²) in [5.41, 5.74) is 2.28. The minimum atomic E-state index is -0.627. The zero-order chi connectivity index (χ0) is 21.4. The second kappa shape index (κ2) is 7.96. The maximum Gasteiger partial charge on any atom is 0.363 e. The van der Waals surface area contributed by atoms with Crippen molar-refractivity contribution in [2.45, 2.75) is 25.7 Å². The van der Waals surface area contributed by atoms with E-state index >= 15 is 0 Å². The molecule has 1 aliphatic carbocycles. The number of hydrogen-bond acceptors (Lipinski definition) is 6. The van der Waals surface area contributed by atoms with Gasteiger partial charge in [-0.05, 0) is 48.3 Å². The fraction of sp³-hybridized carbons (Fsp3) is 0.167. The number of aromatic nitrogens is 3. The molecule has 0 N–H and O–H groups in total. The lowest BCUT2D eigenvalue weighted by Gasteiger charge is -2.15. The van der Waals surface area contributed by atoms with Gasteiger partial charge in [0.15, 0.2) is 16.6 Å². The first-order valence-corrected chi connectivity index (χ1v) is 10.3. The molecule has 0 unspecified atom stereocenters. The van der Waals surface area contributed by atoms with Crippen LogP contribution in [0.15, 0.2) is 60.8 Å². The van der Waals surface area contributed by atoms with Crippen LogP contribution in [0, 0.1) is 6.92 Å². The summed E-state index contributed by atoms with van der Waals surface area (Å²) in [4.78, 5) is 17.2. The van der Waals surface area contributed by atoms with Gasteiger partial charge >= 0.3 is 5.97 Å². The van der Waals surface area contributed by atoms with E-state index in [1.807, 2.05) is 49.4 Å². The Morgan fingerprint density at radius 1 is 1.06 bits per heavy atom. The molecule has 2 aromatic heterocycles. The normalized spacial score (nSPS) is 13.2. The summed E-state index contributed by atoms with van der Waals surface area (Å²) in [6, 6.07) is 16.8. The molecule has 0 radical (unpaired) electrons. The standard InChI is InChI=1S/C24H18ClN3O3/c1-14-5-4-8-18(16-9-10-16)22(14)31-23-19(13-20(25)27-28-23)30-24(29)21-17-7-3-2-6-15(17)11-12-26-21/h2-8,11-13,16H,9-10H2,1H3. The van der Waals surface area contributed by atoms with Gasteiger partial charge in [0.2, 0.25) is 0 Å². The largest absolute Gasteiger partial charge is 0.434 e. The fourth-order valence-electron chi connectivity index (χ4n) is 3.54. The Morgan fingerprint density at radius 2 is 1.90 bits per heavy atom. The fourth-order valence-corrected chi connectivity index (χ4v) is 3.68. The van der Waals surface area contributed by atoms with E-state index in [1.54, 1.807) is 6.20 Å². The molecule has 0 saturated heterocycles. The Hall–Kier alpha value is -3.51. The molecule has 0 amide bonds. The van der Waals surface area contributed by atoms with Gasteiger partial charge in [-0.2, -0.15) is 0 Å².